The highest BCUT2D eigenvalue weighted by Crippen LogP contribution is 2.24. The summed E-state index contributed by atoms with van der Waals surface area (Å²) in [5.41, 5.74) is 3.10. The summed E-state index contributed by atoms with van der Waals surface area (Å²) in [7, 11) is 1.77. The van der Waals surface area contributed by atoms with Crippen molar-refractivity contribution in [1.82, 2.24) is 9.97 Å². The van der Waals surface area contributed by atoms with Crippen LogP contribution < -0.4 is 10.6 Å². The van der Waals surface area contributed by atoms with Crippen LogP contribution in [0.1, 0.15) is 5.56 Å². The number of nitriles is 1. The molecule has 0 unspecified atom stereocenters. The number of nitrogens with one attached hydrogen (secondary N) is 2. The van der Waals surface area contributed by atoms with Gasteiger partial charge >= 0.3 is 0 Å². The third-order valence-electron chi connectivity index (χ3n) is 3.33. The zero-order chi connectivity index (χ0) is 16.1. The second-order valence-corrected chi connectivity index (χ2v) is 4.86. The largest absolute Gasteiger partial charge is 0.357 e. The van der Waals surface area contributed by atoms with Gasteiger partial charge in [-0.05, 0) is 12.1 Å². The van der Waals surface area contributed by atoms with Crippen molar-refractivity contribution in [3.05, 3.63) is 66.2 Å². The van der Waals surface area contributed by atoms with Crippen LogP contribution in [0.5, 0.6) is 0 Å². The molecule has 2 aromatic carbocycles. The van der Waals surface area contributed by atoms with Gasteiger partial charge in [0.1, 0.15) is 11.9 Å². The fourth-order valence-electron chi connectivity index (χ4n) is 2.21. The van der Waals surface area contributed by atoms with Gasteiger partial charge in [0.05, 0.1) is 16.9 Å². The Morgan fingerprint density at radius 3 is 2.43 bits per heavy atom. The van der Waals surface area contributed by atoms with Gasteiger partial charge in [-0.3, -0.25) is 0 Å². The summed E-state index contributed by atoms with van der Waals surface area (Å²) in [5.74, 6) is 1.15. The molecule has 0 aliphatic heterocycles. The molecule has 2 N–H and O–H groups in total. The molecule has 0 fully saturated rings. The zero-order valence-electron chi connectivity index (χ0n) is 12.6. The van der Waals surface area contributed by atoms with Gasteiger partial charge in [-0.15, -0.1) is 0 Å². The number of benzene rings is 2. The lowest BCUT2D eigenvalue weighted by Crippen LogP contribution is -2.02. The van der Waals surface area contributed by atoms with Gasteiger partial charge < -0.3 is 10.6 Å². The van der Waals surface area contributed by atoms with Gasteiger partial charge in [0.15, 0.2) is 0 Å². The number of aromatic nitrogens is 2. The van der Waals surface area contributed by atoms with Crippen LogP contribution >= 0.6 is 0 Å². The molecule has 112 valence electrons. The fourth-order valence-corrected chi connectivity index (χ4v) is 2.21. The van der Waals surface area contributed by atoms with Crippen molar-refractivity contribution in [2.75, 3.05) is 17.7 Å². The first-order valence-electron chi connectivity index (χ1n) is 7.18. The SMILES string of the molecule is CNc1nc(Nc2ccccc2C#N)cc(-c2ccccc2)n1. The van der Waals surface area contributed by atoms with E-state index in [1.165, 1.54) is 0 Å². The van der Waals surface area contributed by atoms with Gasteiger partial charge in [0.2, 0.25) is 5.95 Å². The molecule has 5 heteroatoms. The molecule has 0 bridgehead atoms. The molecule has 3 aromatic rings. The van der Waals surface area contributed by atoms with Crippen molar-refractivity contribution < 1.29 is 0 Å². The van der Waals surface area contributed by atoms with Crippen LogP contribution in [0.4, 0.5) is 17.5 Å². The molecule has 0 atom stereocenters. The first-order valence-corrected chi connectivity index (χ1v) is 7.18. The summed E-state index contributed by atoms with van der Waals surface area (Å²) in [5, 5.41) is 15.4. The highest BCUT2D eigenvalue weighted by molar-refractivity contribution is 5.69. The summed E-state index contributed by atoms with van der Waals surface area (Å²) < 4.78 is 0. The second-order valence-electron chi connectivity index (χ2n) is 4.86. The number of rotatable bonds is 4. The van der Waals surface area contributed by atoms with E-state index in [0.717, 1.165) is 16.9 Å². The molecule has 0 saturated heterocycles. The lowest BCUT2D eigenvalue weighted by atomic mass is 10.1. The minimum absolute atomic E-state index is 0.517. The molecule has 5 nitrogen and oxygen atoms in total. The van der Waals surface area contributed by atoms with Crippen molar-refractivity contribution in [3.63, 3.8) is 0 Å². The molecule has 0 saturated carbocycles. The van der Waals surface area contributed by atoms with E-state index < -0.39 is 0 Å². The zero-order valence-corrected chi connectivity index (χ0v) is 12.6. The van der Waals surface area contributed by atoms with Crippen molar-refractivity contribution in [3.8, 4) is 17.3 Å². The topological polar surface area (TPSA) is 73.6 Å². The molecule has 23 heavy (non-hydrogen) atoms. The van der Waals surface area contributed by atoms with Crippen molar-refractivity contribution >= 4 is 17.5 Å². The summed E-state index contributed by atoms with van der Waals surface area (Å²) >= 11 is 0. The third kappa shape index (κ3) is 3.27. The smallest absolute Gasteiger partial charge is 0.224 e. The van der Waals surface area contributed by atoms with Crippen molar-refractivity contribution in [1.29, 1.82) is 5.26 Å². The number of para-hydroxylation sites is 1. The fraction of sp³-hybridized carbons (Fsp3) is 0.0556. The molecule has 0 aliphatic rings. The summed E-state index contributed by atoms with van der Waals surface area (Å²) in [6.45, 7) is 0. The average Bonchev–Trinajstić information content (AvgIpc) is 2.62. The van der Waals surface area contributed by atoms with Crippen LogP contribution in [-0.2, 0) is 0 Å². The van der Waals surface area contributed by atoms with Gasteiger partial charge in [-0.2, -0.15) is 10.2 Å². The maximum Gasteiger partial charge on any atom is 0.224 e. The molecule has 0 aliphatic carbocycles. The Kier molecular flexibility index (Phi) is 4.16. The van der Waals surface area contributed by atoms with E-state index in [4.69, 9.17) is 0 Å². The molecule has 0 radical (unpaired) electrons. The normalized spacial score (nSPS) is 9.91. The van der Waals surface area contributed by atoms with Crippen LogP contribution in [0.25, 0.3) is 11.3 Å². The quantitative estimate of drug-likeness (QED) is 0.766. The van der Waals surface area contributed by atoms with Gasteiger partial charge in [-0.25, -0.2) is 4.98 Å². The van der Waals surface area contributed by atoms with Crippen LogP contribution in [0, 0.1) is 11.3 Å². The van der Waals surface area contributed by atoms with Crippen LogP contribution in [0.2, 0.25) is 0 Å². The minimum Gasteiger partial charge on any atom is -0.357 e. The van der Waals surface area contributed by atoms with Gasteiger partial charge in [0.25, 0.3) is 0 Å². The first kappa shape index (κ1) is 14.5. The highest BCUT2D eigenvalue weighted by atomic mass is 15.1. The van der Waals surface area contributed by atoms with E-state index in [1.54, 1.807) is 13.1 Å². The van der Waals surface area contributed by atoms with Crippen LogP contribution in [-0.4, -0.2) is 17.0 Å². The van der Waals surface area contributed by atoms with E-state index in [2.05, 4.69) is 26.7 Å². The number of hydrogen-bond acceptors (Lipinski definition) is 5. The summed E-state index contributed by atoms with van der Waals surface area (Å²) in [6, 6.07) is 21.2. The molecule has 1 heterocycles. The Morgan fingerprint density at radius 2 is 1.70 bits per heavy atom. The van der Waals surface area contributed by atoms with E-state index in [-0.39, 0.29) is 0 Å². The predicted octanol–water partition coefficient (Wildman–Crippen LogP) is 3.80. The Morgan fingerprint density at radius 1 is 0.957 bits per heavy atom. The predicted molar refractivity (Wildman–Crippen MR) is 91.5 cm³/mol. The molecular formula is C18H15N5. The molecule has 3 rings (SSSR count). The number of anilines is 3. The number of nitrogens with zero attached hydrogens (tertiary/aromatic N) is 3. The van der Waals surface area contributed by atoms with Crippen LogP contribution in [0.15, 0.2) is 60.7 Å². The lowest BCUT2D eigenvalue weighted by Gasteiger charge is -2.11. The van der Waals surface area contributed by atoms with E-state index in [0.29, 0.717) is 17.3 Å². The minimum atomic E-state index is 0.517. The Balaban J connectivity index is 2.01. The number of hydrogen-bond donors (Lipinski definition) is 2. The first-order chi connectivity index (χ1) is 11.3. The van der Waals surface area contributed by atoms with Gasteiger partial charge in [0, 0.05) is 18.7 Å². The van der Waals surface area contributed by atoms with E-state index in [1.807, 2.05) is 54.6 Å². The lowest BCUT2D eigenvalue weighted by molar-refractivity contribution is 1.15. The van der Waals surface area contributed by atoms with Gasteiger partial charge in [-0.1, -0.05) is 42.5 Å². The molecule has 1 aromatic heterocycles. The highest BCUT2D eigenvalue weighted by Gasteiger charge is 2.08. The maximum atomic E-state index is 9.19. The second kappa shape index (κ2) is 6.58. The standard InChI is InChI=1S/C18H15N5/c1-20-18-22-16(13-7-3-2-4-8-13)11-17(23-18)21-15-10-6-5-9-14(15)12-19/h2-11H,1H3,(H2,20,21,22,23). The van der Waals surface area contributed by atoms with E-state index >= 15 is 0 Å². The molecular weight excluding hydrogens is 286 g/mol. The Bertz CT molecular complexity index is 853. The monoisotopic (exact) mass is 301 g/mol. The average molecular weight is 301 g/mol. The summed E-state index contributed by atoms with van der Waals surface area (Å²) in [6.07, 6.45) is 0. The Labute approximate surface area is 134 Å². The maximum absolute atomic E-state index is 9.19. The molecule has 0 spiro atoms. The summed E-state index contributed by atoms with van der Waals surface area (Å²) in [4.78, 5) is 8.88. The third-order valence-corrected chi connectivity index (χ3v) is 3.33. The van der Waals surface area contributed by atoms with Crippen LogP contribution in [0.3, 0.4) is 0 Å². The van der Waals surface area contributed by atoms with E-state index in [9.17, 15) is 5.26 Å². The van der Waals surface area contributed by atoms with Crippen molar-refractivity contribution in [2.24, 2.45) is 0 Å². The Hall–Kier alpha value is -3.39. The molecule has 0 amide bonds. The van der Waals surface area contributed by atoms with Crippen molar-refractivity contribution in [2.45, 2.75) is 0 Å².